The number of hydrogen-bond donors (Lipinski definition) is 8. The molecule has 8 bridgehead atoms. The fraction of sp³-hybridized carbons (Fsp3) is 0.586. The van der Waals surface area contributed by atoms with Crippen LogP contribution >= 0.6 is 0 Å². The lowest BCUT2D eigenvalue weighted by Gasteiger charge is -2.39. The molecule has 4 aromatic rings. The third-order valence-electron chi connectivity index (χ3n) is 13.8. The van der Waals surface area contributed by atoms with Gasteiger partial charge in [-0.25, -0.2) is 0 Å². The first-order chi connectivity index (χ1) is 35.9. The van der Waals surface area contributed by atoms with Crippen LogP contribution in [0.25, 0.3) is 0 Å². The number of rotatable bonds is 24. The third kappa shape index (κ3) is 14.1. The number of aryl methyl sites for hydroxylation is 2. The summed E-state index contributed by atoms with van der Waals surface area (Å²) in [5.74, 6) is 3.26. The van der Waals surface area contributed by atoms with Crippen LogP contribution in [0.3, 0.4) is 0 Å². The highest BCUT2D eigenvalue weighted by Gasteiger charge is 2.45. The molecule has 7 rings (SSSR count). The zero-order chi connectivity index (χ0) is 52.7. The zero-order valence-corrected chi connectivity index (χ0v) is 43.5. The van der Waals surface area contributed by atoms with Crippen molar-refractivity contribution in [3.8, 4) is 23.0 Å². The van der Waals surface area contributed by atoms with E-state index in [0.717, 1.165) is 104 Å². The molecule has 8 N–H and O–H groups in total. The molecule has 0 amide bonds. The Hall–Kier alpha value is -4.40. The average molecular weight is 1030 g/mol. The van der Waals surface area contributed by atoms with Crippen molar-refractivity contribution in [2.45, 2.75) is 166 Å². The van der Waals surface area contributed by atoms with E-state index in [1.54, 1.807) is 0 Å². The summed E-state index contributed by atoms with van der Waals surface area (Å²) in [6.45, 7) is 9.71. The summed E-state index contributed by atoms with van der Waals surface area (Å²) in [6.07, 6.45) is -5.98. The van der Waals surface area contributed by atoms with E-state index in [2.05, 4.69) is 88.4 Å². The van der Waals surface area contributed by atoms with Crippen LogP contribution in [0.2, 0.25) is 0 Å². The minimum atomic E-state index is -1.53. The second-order valence-corrected chi connectivity index (χ2v) is 19.7. The van der Waals surface area contributed by atoms with Gasteiger partial charge in [0.2, 0.25) is 0 Å². The normalized spacial score (nSPS) is 24.9. The van der Waals surface area contributed by atoms with Crippen molar-refractivity contribution in [2.24, 2.45) is 0 Å². The summed E-state index contributed by atoms with van der Waals surface area (Å²) >= 11 is 0. The first-order valence-corrected chi connectivity index (χ1v) is 26.8. The molecule has 408 valence electrons. The Bertz CT molecular complexity index is 2120. The Kier molecular flexibility index (Phi) is 21.8. The van der Waals surface area contributed by atoms with Crippen LogP contribution in [0.1, 0.15) is 122 Å². The molecule has 2 heterocycles. The first-order valence-electron chi connectivity index (χ1n) is 26.8. The maximum Gasteiger partial charge on any atom is 0.186 e. The predicted molar refractivity (Wildman–Crippen MR) is 276 cm³/mol. The van der Waals surface area contributed by atoms with Gasteiger partial charge in [-0.15, -0.1) is 0 Å². The van der Waals surface area contributed by atoms with E-state index in [4.69, 9.17) is 37.9 Å². The van der Waals surface area contributed by atoms with Crippen LogP contribution in [-0.2, 0) is 57.5 Å². The molecule has 0 radical (unpaired) electrons. The van der Waals surface area contributed by atoms with E-state index in [1.807, 2.05) is 0 Å². The van der Waals surface area contributed by atoms with Gasteiger partial charge in [0.15, 0.2) is 12.6 Å². The minimum absolute atomic E-state index is 0.178. The molecule has 2 fully saturated rings. The molecule has 74 heavy (non-hydrogen) atoms. The van der Waals surface area contributed by atoms with Crippen LogP contribution in [0, 0.1) is 0 Å². The molecule has 1 aliphatic carbocycles. The summed E-state index contributed by atoms with van der Waals surface area (Å²) in [4.78, 5) is 0. The van der Waals surface area contributed by atoms with E-state index in [1.165, 1.54) is 0 Å². The lowest BCUT2D eigenvalue weighted by atomic mass is 9.89. The molecule has 0 saturated carbocycles. The van der Waals surface area contributed by atoms with Crippen LogP contribution < -0.4 is 18.9 Å². The smallest absolute Gasteiger partial charge is 0.186 e. The molecule has 16 heteroatoms. The van der Waals surface area contributed by atoms with Gasteiger partial charge in [0.1, 0.15) is 71.8 Å². The molecule has 3 aliphatic rings. The number of benzene rings is 4. The standard InChI is InChI=1S/C58H80O16/c1-5-19-67-53-37-15-9-16-38(53)30-42-26-36(14-12-24-72-58-52(66)50(64)48(62)46(34-60)74-58)28-44(56(42)70-22-8-4)32-40-18-10-17-39(54(40)68-20-6-2)31-43-27-35(25-41(29-37)55(43)69-21-7-3)13-11-23-71-57-51(65)49(63)47(61)45(33-59)73-57/h9-10,15-18,25-28,45-52,57-66H,5-8,11-14,19-24,29-34H2,1-4H3/t45-,46-,47-,48-,49+,50+,51-,52-,57-,58-/m1/s1. The topological polar surface area (TPSA) is 236 Å². The van der Waals surface area contributed by atoms with Gasteiger partial charge in [0.25, 0.3) is 0 Å². The Labute approximate surface area is 435 Å². The van der Waals surface area contributed by atoms with Crippen LogP contribution in [0.15, 0.2) is 60.7 Å². The second-order valence-electron chi connectivity index (χ2n) is 19.7. The lowest BCUT2D eigenvalue weighted by molar-refractivity contribution is -0.301. The number of ether oxygens (including phenoxy) is 8. The quantitative estimate of drug-likeness (QED) is 0.0379. The Balaban J connectivity index is 1.29. The Morgan fingerprint density at radius 3 is 0.986 bits per heavy atom. The Morgan fingerprint density at radius 1 is 0.405 bits per heavy atom. The van der Waals surface area contributed by atoms with Gasteiger partial charge in [0.05, 0.1) is 52.9 Å². The van der Waals surface area contributed by atoms with E-state index in [-0.39, 0.29) is 13.2 Å². The van der Waals surface area contributed by atoms with Crippen molar-refractivity contribution in [3.05, 3.63) is 116 Å². The third-order valence-corrected chi connectivity index (χ3v) is 13.8. The summed E-state index contributed by atoms with van der Waals surface area (Å²) in [7, 11) is 0. The molecule has 0 unspecified atom stereocenters. The summed E-state index contributed by atoms with van der Waals surface area (Å²) in [6, 6.07) is 21.4. The SMILES string of the molecule is CCCOc1c2cccc1Cc1cc(CCCO[C@@H]3O[C@H](CO)[C@@H](O)[C@H](O)[C@H]3O)cc(c1OCCC)Cc1cccc(c1OCCC)Cc1cc(CCCO[C@@H]3O[C@H](CO)[C@@H](O)[C@H](O)[C@H]3O)cc(c1OCCC)C2. The molecule has 0 aromatic heterocycles. The van der Waals surface area contributed by atoms with Crippen molar-refractivity contribution < 1.29 is 78.7 Å². The molecule has 2 aliphatic heterocycles. The van der Waals surface area contributed by atoms with Crippen LogP contribution in [-0.4, -0.2) is 155 Å². The fourth-order valence-electron chi connectivity index (χ4n) is 10.0. The van der Waals surface area contributed by atoms with Crippen LogP contribution in [0.5, 0.6) is 23.0 Å². The summed E-state index contributed by atoms with van der Waals surface area (Å²) in [5.41, 5.74) is 10.1. The van der Waals surface area contributed by atoms with Crippen molar-refractivity contribution >= 4 is 0 Å². The van der Waals surface area contributed by atoms with Gasteiger partial charge in [-0.05, 0) is 107 Å². The molecule has 4 aromatic carbocycles. The number of para-hydroxylation sites is 2. The maximum absolute atomic E-state index is 10.6. The van der Waals surface area contributed by atoms with E-state index in [9.17, 15) is 40.9 Å². The molecule has 0 spiro atoms. The number of aliphatic hydroxyl groups is 8. The average Bonchev–Trinajstić information content (AvgIpc) is 3.39. The minimum Gasteiger partial charge on any atom is -0.493 e. The maximum atomic E-state index is 10.6. The number of fused-ring (bicyclic) bond motifs is 8. The van der Waals surface area contributed by atoms with Gasteiger partial charge >= 0.3 is 0 Å². The lowest BCUT2D eigenvalue weighted by Crippen LogP contribution is -2.59. The fourth-order valence-corrected chi connectivity index (χ4v) is 10.0. The van der Waals surface area contributed by atoms with Crippen LogP contribution in [0.4, 0.5) is 0 Å². The highest BCUT2D eigenvalue weighted by atomic mass is 16.7. The summed E-state index contributed by atoms with van der Waals surface area (Å²) < 4.78 is 50.1. The predicted octanol–water partition coefficient (Wildman–Crippen LogP) is 5.02. The summed E-state index contributed by atoms with van der Waals surface area (Å²) in [5, 5.41) is 82.0. The number of aliphatic hydroxyl groups excluding tert-OH is 8. The largest absolute Gasteiger partial charge is 0.493 e. The molecular weight excluding hydrogens is 953 g/mol. The van der Waals surface area contributed by atoms with Gasteiger partial charge in [-0.2, -0.15) is 0 Å². The molecule has 2 saturated heterocycles. The van der Waals surface area contributed by atoms with E-state index in [0.29, 0.717) is 77.8 Å². The van der Waals surface area contributed by atoms with Gasteiger partial charge in [-0.1, -0.05) is 88.4 Å². The van der Waals surface area contributed by atoms with E-state index >= 15 is 0 Å². The Morgan fingerprint density at radius 2 is 0.703 bits per heavy atom. The van der Waals surface area contributed by atoms with E-state index < -0.39 is 74.6 Å². The van der Waals surface area contributed by atoms with Crippen molar-refractivity contribution in [1.29, 1.82) is 0 Å². The van der Waals surface area contributed by atoms with Crippen molar-refractivity contribution in [2.75, 3.05) is 52.9 Å². The highest BCUT2D eigenvalue weighted by Crippen LogP contribution is 2.41. The van der Waals surface area contributed by atoms with Crippen molar-refractivity contribution in [3.63, 3.8) is 0 Å². The first kappa shape index (κ1) is 57.3. The van der Waals surface area contributed by atoms with Gasteiger partial charge < -0.3 is 78.7 Å². The zero-order valence-electron chi connectivity index (χ0n) is 43.5. The number of hydrogen-bond acceptors (Lipinski definition) is 16. The van der Waals surface area contributed by atoms with Gasteiger partial charge in [0, 0.05) is 25.7 Å². The molecule has 10 atom stereocenters. The second kappa shape index (κ2) is 28.1. The molecule has 16 nitrogen and oxygen atoms in total. The van der Waals surface area contributed by atoms with Gasteiger partial charge in [-0.3, -0.25) is 0 Å². The highest BCUT2D eigenvalue weighted by molar-refractivity contribution is 5.57. The molecular formula is C58H80O16. The monoisotopic (exact) mass is 1030 g/mol. The van der Waals surface area contributed by atoms with Crippen molar-refractivity contribution in [1.82, 2.24) is 0 Å².